The third-order valence-corrected chi connectivity index (χ3v) is 9.97. The Bertz CT molecular complexity index is 697. The lowest BCUT2D eigenvalue weighted by Crippen LogP contribution is -2.66. The van der Waals surface area contributed by atoms with Crippen molar-refractivity contribution in [3.63, 3.8) is 0 Å². The predicted molar refractivity (Wildman–Crippen MR) is 100 cm³/mol. The molecule has 28 heavy (non-hydrogen) atoms. The lowest BCUT2D eigenvalue weighted by molar-refractivity contribution is -0.242. The van der Waals surface area contributed by atoms with Crippen LogP contribution in [0, 0.1) is 34.0 Å². The molecule has 0 amide bonds. The minimum Gasteiger partial charge on any atom is -0.465 e. The van der Waals surface area contributed by atoms with Crippen molar-refractivity contribution in [3.05, 3.63) is 0 Å². The molecular weight excluding hydrogens is 360 g/mol. The molecule has 6 heteroatoms. The fourth-order valence-corrected chi connectivity index (χ4v) is 8.60. The smallest absolute Gasteiger partial charge is 0.302 e. The van der Waals surface area contributed by atoms with E-state index in [4.69, 9.17) is 9.47 Å². The minimum absolute atomic E-state index is 0.0400. The molecule has 1 heterocycles. The SMILES string of the molecule is CC(=O)OC[C@]1(C)C2C[C@H](O)[C@@]34C[C@@H](CCC3[C@]2(C)CC[C@H]1O)[C@]1(CO)O[C@@H]14. The van der Waals surface area contributed by atoms with E-state index in [9.17, 15) is 20.1 Å². The minimum atomic E-state index is -0.560. The van der Waals surface area contributed by atoms with E-state index < -0.39 is 23.2 Å². The second kappa shape index (κ2) is 5.71. The average molecular weight is 395 g/mol. The maximum Gasteiger partial charge on any atom is 0.302 e. The van der Waals surface area contributed by atoms with Gasteiger partial charge < -0.3 is 24.8 Å². The number of epoxide rings is 1. The van der Waals surface area contributed by atoms with Gasteiger partial charge in [0.1, 0.15) is 5.60 Å². The zero-order valence-corrected chi connectivity index (χ0v) is 17.2. The second-order valence-electron chi connectivity index (χ2n) is 10.9. The number of rotatable bonds is 3. The third kappa shape index (κ3) is 2.06. The van der Waals surface area contributed by atoms with Gasteiger partial charge in [-0.25, -0.2) is 0 Å². The van der Waals surface area contributed by atoms with E-state index in [0.29, 0.717) is 24.7 Å². The van der Waals surface area contributed by atoms with E-state index in [0.717, 1.165) is 25.7 Å². The number of aliphatic hydroxyl groups excluding tert-OH is 3. The Hall–Kier alpha value is -0.690. The molecular formula is C22H34O6. The summed E-state index contributed by atoms with van der Waals surface area (Å²) in [7, 11) is 0. The number of ether oxygens (including phenoxy) is 2. The van der Waals surface area contributed by atoms with E-state index in [1.807, 2.05) is 6.92 Å². The molecule has 5 rings (SSSR count). The quantitative estimate of drug-likeness (QED) is 0.497. The maximum atomic E-state index is 11.5. The molecule has 5 fully saturated rings. The summed E-state index contributed by atoms with van der Waals surface area (Å²) in [6, 6.07) is 0. The van der Waals surface area contributed by atoms with Crippen LogP contribution in [0.4, 0.5) is 0 Å². The summed E-state index contributed by atoms with van der Waals surface area (Å²) in [6.45, 7) is 6.00. The summed E-state index contributed by atoms with van der Waals surface area (Å²) in [4.78, 5) is 11.5. The molecule has 4 saturated carbocycles. The van der Waals surface area contributed by atoms with Crippen LogP contribution in [0.15, 0.2) is 0 Å². The topological polar surface area (TPSA) is 99.5 Å². The highest BCUT2D eigenvalue weighted by molar-refractivity contribution is 5.65. The first-order valence-corrected chi connectivity index (χ1v) is 10.9. The highest BCUT2D eigenvalue weighted by Gasteiger charge is 2.82. The molecule has 6 nitrogen and oxygen atoms in total. The van der Waals surface area contributed by atoms with Crippen LogP contribution in [0.5, 0.6) is 0 Å². The predicted octanol–water partition coefficient (Wildman–Crippen LogP) is 1.64. The summed E-state index contributed by atoms with van der Waals surface area (Å²) < 4.78 is 11.5. The molecule has 5 aliphatic rings. The number of aliphatic hydroxyl groups is 3. The molecule has 2 bridgehead atoms. The van der Waals surface area contributed by atoms with Gasteiger partial charge in [0.15, 0.2) is 0 Å². The molecule has 0 aromatic rings. The molecule has 1 spiro atoms. The molecule has 1 aliphatic heterocycles. The number of esters is 1. The number of carbonyl (C=O) groups excluding carboxylic acids is 1. The monoisotopic (exact) mass is 394 g/mol. The van der Waals surface area contributed by atoms with Gasteiger partial charge in [-0.15, -0.1) is 0 Å². The van der Waals surface area contributed by atoms with E-state index in [-0.39, 0.29) is 42.0 Å². The first kappa shape index (κ1) is 19.3. The molecule has 1 saturated heterocycles. The normalized spacial score (nSPS) is 59.1. The molecule has 158 valence electrons. The highest BCUT2D eigenvalue weighted by atomic mass is 16.6. The highest BCUT2D eigenvalue weighted by Crippen LogP contribution is 2.77. The standard InChI is InChI=1S/C22H34O6/c1-12(24)27-11-20(3)15-8-17(26)21-9-13(22(10-23)18(21)28-22)4-5-14(21)19(15,2)7-6-16(20)25/h13-18,23,25-26H,4-11H2,1-3H3/t13-,14?,15?,16-,17+,18-,19+,20-,21-,22+/m1/s1. The lowest BCUT2D eigenvalue weighted by atomic mass is 9.39. The molecule has 0 radical (unpaired) electrons. The maximum absolute atomic E-state index is 11.5. The second-order valence-corrected chi connectivity index (χ2v) is 10.9. The van der Waals surface area contributed by atoms with Crippen molar-refractivity contribution in [3.8, 4) is 0 Å². The summed E-state index contributed by atoms with van der Waals surface area (Å²) in [5, 5.41) is 32.4. The van der Waals surface area contributed by atoms with Gasteiger partial charge in [0, 0.05) is 17.8 Å². The van der Waals surface area contributed by atoms with Gasteiger partial charge in [-0.1, -0.05) is 13.8 Å². The Morgan fingerprint density at radius 2 is 1.89 bits per heavy atom. The van der Waals surface area contributed by atoms with E-state index >= 15 is 0 Å². The Morgan fingerprint density at radius 3 is 2.57 bits per heavy atom. The van der Waals surface area contributed by atoms with Crippen LogP contribution < -0.4 is 0 Å². The van der Waals surface area contributed by atoms with Gasteiger partial charge in [0.2, 0.25) is 0 Å². The number of fused-ring (bicyclic) bond motifs is 5. The third-order valence-electron chi connectivity index (χ3n) is 9.97. The van der Waals surface area contributed by atoms with Crippen LogP contribution in [0.3, 0.4) is 0 Å². The van der Waals surface area contributed by atoms with Gasteiger partial charge in [0.05, 0.1) is 31.5 Å². The summed E-state index contributed by atoms with van der Waals surface area (Å²) in [5.41, 5.74) is -1.30. The summed E-state index contributed by atoms with van der Waals surface area (Å²) >= 11 is 0. The molecule has 0 aromatic carbocycles. The van der Waals surface area contributed by atoms with Crippen LogP contribution in [-0.4, -0.2) is 58.4 Å². The van der Waals surface area contributed by atoms with E-state index in [1.54, 1.807) is 0 Å². The average Bonchev–Trinajstić information content (AvgIpc) is 3.38. The molecule has 3 N–H and O–H groups in total. The van der Waals surface area contributed by atoms with E-state index in [2.05, 4.69) is 6.92 Å². The van der Waals surface area contributed by atoms with Crippen molar-refractivity contribution in [1.29, 1.82) is 0 Å². The van der Waals surface area contributed by atoms with Crippen LogP contribution in [0.1, 0.15) is 59.3 Å². The van der Waals surface area contributed by atoms with Crippen LogP contribution in [-0.2, 0) is 14.3 Å². The van der Waals surface area contributed by atoms with Crippen LogP contribution >= 0.6 is 0 Å². The van der Waals surface area contributed by atoms with Crippen molar-refractivity contribution >= 4 is 5.97 Å². The Kier molecular flexibility index (Phi) is 3.94. The first-order valence-electron chi connectivity index (χ1n) is 10.9. The van der Waals surface area contributed by atoms with Gasteiger partial charge in [-0.3, -0.25) is 4.79 Å². The Labute approximate surface area is 166 Å². The van der Waals surface area contributed by atoms with Crippen LogP contribution in [0.2, 0.25) is 0 Å². The lowest BCUT2D eigenvalue weighted by Gasteiger charge is -2.66. The Morgan fingerprint density at radius 1 is 1.14 bits per heavy atom. The zero-order valence-electron chi connectivity index (χ0n) is 17.2. The van der Waals surface area contributed by atoms with Gasteiger partial charge in [-0.2, -0.15) is 0 Å². The van der Waals surface area contributed by atoms with Gasteiger partial charge >= 0.3 is 5.97 Å². The van der Waals surface area contributed by atoms with Crippen molar-refractivity contribution in [2.45, 2.75) is 83.2 Å². The van der Waals surface area contributed by atoms with Crippen molar-refractivity contribution < 1.29 is 29.6 Å². The number of hydrogen-bond acceptors (Lipinski definition) is 6. The summed E-state index contributed by atoms with van der Waals surface area (Å²) in [6.07, 6.45) is 4.11. The van der Waals surface area contributed by atoms with Crippen molar-refractivity contribution in [2.75, 3.05) is 13.2 Å². The summed E-state index contributed by atoms with van der Waals surface area (Å²) in [5.74, 6) is 0.391. The fourth-order valence-electron chi connectivity index (χ4n) is 8.60. The molecule has 0 aromatic heterocycles. The van der Waals surface area contributed by atoms with Gasteiger partial charge in [-0.05, 0) is 61.7 Å². The number of hydrogen-bond donors (Lipinski definition) is 3. The largest absolute Gasteiger partial charge is 0.465 e. The van der Waals surface area contributed by atoms with Crippen molar-refractivity contribution in [2.24, 2.45) is 34.0 Å². The van der Waals surface area contributed by atoms with Gasteiger partial charge in [0.25, 0.3) is 0 Å². The zero-order chi connectivity index (χ0) is 20.1. The number of carbonyl (C=O) groups is 1. The molecule has 10 atom stereocenters. The van der Waals surface area contributed by atoms with E-state index in [1.165, 1.54) is 6.92 Å². The molecule has 4 aliphatic carbocycles. The molecule has 2 unspecified atom stereocenters. The fraction of sp³-hybridized carbons (Fsp3) is 0.955. The first-order chi connectivity index (χ1) is 13.1. The Balaban J connectivity index is 1.53. The van der Waals surface area contributed by atoms with Crippen LogP contribution in [0.25, 0.3) is 0 Å². The van der Waals surface area contributed by atoms with Crippen molar-refractivity contribution in [1.82, 2.24) is 0 Å².